The van der Waals surface area contributed by atoms with Crippen LogP contribution >= 0.6 is 11.8 Å². The molecule has 1 unspecified atom stereocenters. The van der Waals surface area contributed by atoms with Crippen molar-refractivity contribution >= 4 is 77.2 Å². The van der Waals surface area contributed by atoms with Crippen molar-refractivity contribution in [3.63, 3.8) is 0 Å². The minimum atomic E-state index is -2.06. The Morgan fingerprint density at radius 2 is 1.15 bits per heavy atom. The Morgan fingerprint density at radius 1 is 0.590 bits per heavy atom. The van der Waals surface area contributed by atoms with Crippen molar-refractivity contribution in [1.82, 2.24) is 51.3 Å². The smallest absolute Gasteiger partial charge is 0.331 e. The molecule has 0 spiro atoms. The number of unbranched alkanes of at least 4 members (excludes halogenated alkanes) is 4. The van der Waals surface area contributed by atoms with Crippen molar-refractivity contribution in [3.05, 3.63) is 163 Å². The fourth-order valence-electron chi connectivity index (χ4n) is 13.4. The summed E-state index contributed by atoms with van der Waals surface area (Å²) in [5.41, 5.74) is 8.56. The molecule has 0 saturated carbocycles. The second kappa shape index (κ2) is 51.7. The first kappa shape index (κ1) is 101. The Morgan fingerprint density at radius 3 is 1.75 bits per heavy atom. The molecular formula is C84H115F2N11O24S. The summed E-state index contributed by atoms with van der Waals surface area (Å²) in [4.78, 5) is 177. The highest BCUT2D eigenvalue weighted by Crippen LogP contribution is 2.28. The van der Waals surface area contributed by atoms with Gasteiger partial charge >= 0.3 is 5.69 Å². The number of thioether (sulfide) groups is 1. The Bertz CT molecular complexity index is 4390. The molecule has 4 aromatic carbocycles. The summed E-state index contributed by atoms with van der Waals surface area (Å²) in [6.45, 7) is 0.550. The van der Waals surface area contributed by atoms with Crippen LogP contribution in [0.25, 0.3) is 11.1 Å². The summed E-state index contributed by atoms with van der Waals surface area (Å²) in [7, 11) is 0. The van der Waals surface area contributed by atoms with E-state index in [2.05, 4.69) is 37.2 Å². The van der Waals surface area contributed by atoms with Crippen LogP contribution in [0.4, 0.5) is 8.78 Å². The summed E-state index contributed by atoms with van der Waals surface area (Å²) in [5.74, 6) is -10.1. The van der Waals surface area contributed by atoms with Gasteiger partial charge in [-0.15, -0.1) is 11.8 Å². The van der Waals surface area contributed by atoms with E-state index < -0.39 is 232 Å². The third-order valence-corrected chi connectivity index (χ3v) is 22.3. The number of aliphatic hydroxyl groups excluding tert-OH is 10. The summed E-state index contributed by atoms with van der Waals surface area (Å²) in [6.07, 6.45) is -15.9. The first-order valence-corrected chi connectivity index (χ1v) is 41.6. The number of nitrogens with two attached hydrogens (primary N) is 1. The zero-order chi connectivity index (χ0) is 89.7. The molecule has 1 aliphatic heterocycles. The van der Waals surface area contributed by atoms with Gasteiger partial charge in [-0.1, -0.05) is 110 Å². The molecule has 0 radical (unpaired) electrons. The van der Waals surface area contributed by atoms with E-state index in [1.165, 1.54) is 13.0 Å². The summed E-state index contributed by atoms with van der Waals surface area (Å²) < 4.78 is 37.1. The number of hydrogen-bond acceptors (Lipinski definition) is 26. The predicted molar refractivity (Wildman–Crippen MR) is 441 cm³/mol. The minimum Gasteiger partial charge on any atom is -0.468 e. The van der Waals surface area contributed by atoms with Crippen molar-refractivity contribution in [2.75, 3.05) is 58.3 Å². The van der Waals surface area contributed by atoms with Gasteiger partial charge in [0.05, 0.1) is 62.0 Å². The molecule has 19 N–H and O–H groups in total. The van der Waals surface area contributed by atoms with Gasteiger partial charge in [0.2, 0.25) is 53.2 Å². The van der Waals surface area contributed by atoms with E-state index in [-0.39, 0.29) is 106 Å². The lowest BCUT2D eigenvalue weighted by atomic mass is 9.92. The maximum absolute atomic E-state index is 15.1. The number of likely N-dealkylation sites (tertiary alicyclic amines) is 1. The third-order valence-electron chi connectivity index (χ3n) is 20.8. The number of imide groups is 1. The number of ether oxygens (including phenoxy) is 1. The van der Waals surface area contributed by atoms with Gasteiger partial charge in [-0.25, -0.2) is 13.6 Å². The zero-order valence-electron chi connectivity index (χ0n) is 68.5. The normalized spacial score (nSPS) is 16.0. The SMILES string of the molecule is Cc1ccc(CCC(=O)NCCN2C(=O)CC(SC[C@H](C)NC(=O)[C@@H](CCC(=O)NC[C@H](O)[C@@H](O)[C@H](O)[C@H](O)CO)NC(=O)[C@@H](CCOC=O)CC(=O)[C@@H](CCC(=O)NC[C@H](O)[C@@H](O)[C@H](O)[C@H](O)CO)NC(=O)CCCCCCCNC(=O)CCc3cccc(-c4c(C)n(Cc5c(F)cccc5F)c(=O)n(C[C@@H](N)c5ccccc5)c4=O)c3)C2=O)cc1. The quantitative estimate of drug-likeness (QED) is 0.0121. The van der Waals surface area contributed by atoms with Crippen molar-refractivity contribution < 1.29 is 117 Å². The number of rotatable bonds is 56. The molecule has 1 saturated heterocycles. The first-order chi connectivity index (χ1) is 58.2. The number of carbonyl (C=O) groups is 11. The predicted octanol–water partition coefficient (Wildman–Crippen LogP) is -1.40. The average molecular weight is 1730 g/mol. The Hall–Kier alpha value is -10.1. The van der Waals surface area contributed by atoms with Gasteiger partial charge in [-0.2, -0.15) is 0 Å². The van der Waals surface area contributed by atoms with Gasteiger partial charge in [-0.05, 0) is 100 Å². The van der Waals surface area contributed by atoms with Gasteiger partial charge in [0.25, 0.3) is 12.0 Å². The number of amides is 9. The number of aromatic nitrogens is 2. The van der Waals surface area contributed by atoms with E-state index in [4.69, 9.17) is 10.5 Å². The largest absolute Gasteiger partial charge is 0.468 e. The van der Waals surface area contributed by atoms with Crippen molar-refractivity contribution in [2.45, 2.75) is 221 Å². The highest BCUT2D eigenvalue weighted by molar-refractivity contribution is 8.00. The Kier molecular flexibility index (Phi) is 42.7. The number of halogens is 2. The van der Waals surface area contributed by atoms with E-state index in [1.54, 1.807) is 61.5 Å². The molecule has 1 fully saturated rings. The number of aryl methyl sites for hydroxylation is 3. The molecule has 5 aromatic rings. The number of nitrogens with one attached hydrogen (secondary N) is 7. The van der Waals surface area contributed by atoms with E-state index >= 15 is 8.78 Å². The molecule has 670 valence electrons. The van der Waals surface area contributed by atoms with E-state index in [1.807, 2.05) is 31.2 Å². The van der Waals surface area contributed by atoms with Crippen LogP contribution in [0.3, 0.4) is 0 Å². The maximum Gasteiger partial charge on any atom is 0.331 e. The zero-order valence-corrected chi connectivity index (χ0v) is 69.3. The highest BCUT2D eigenvalue weighted by Gasteiger charge is 2.40. The van der Waals surface area contributed by atoms with Gasteiger partial charge < -0.3 is 98.8 Å². The third kappa shape index (κ3) is 32.3. The van der Waals surface area contributed by atoms with Crippen molar-refractivity contribution in [3.8, 4) is 11.1 Å². The van der Waals surface area contributed by atoms with Crippen LogP contribution < -0.4 is 54.2 Å². The number of hydrogen-bond donors (Lipinski definition) is 18. The van der Waals surface area contributed by atoms with E-state index in [9.17, 15) is 113 Å². The van der Waals surface area contributed by atoms with Crippen LogP contribution in [0, 0.1) is 31.4 Å². The van der Waals surface area contributed by atoms with Crippen LogP contribution in [0.2, 0.25) is 0 Å². The van der Waals surface area contributed by atoms with Gasteiger partial charge in [0.15, 0.2) is 5.78 Å². The number of Topliss-reactive ketones (excluding diaryl/α,β-unsaturated/α-hetero) is 1. The fourth-order valence-corrected chi connectivity index (χ4v) is 14.6. The van der Waals surface area contributed by atoms with Gasteiger partial charge in [-0.3, -0.25) is 71.6 Å². The maximum atomic E-state index is 15.1. The first-order valence-electron chi connectivity index (χ1n) is 40.6. The van der Waals surface area contributed by atoms with E-state index in [0.29, 0.717) is 48.8 Å². The second-order valence-electron chi connectivity index (χ2n) is 30.3. The Balaban J connectivity index is 1.08. The van der Waals surface area contributed by atoms with Crippen LogP contribution in [-0.4, -0.2) is 261 Å². The van der Waals surface area contributed by atoms with Crippen LogP contribution in [0.5, 0.6) is 0 Å². The Labute approximate surface area is 708 Å². The lowest BCUT2D eigenvalue weighted by molar-refractivity contribution is -0.139. The molecule has 0 aliphatic carbocycles. The molecule has 122 heavy (non-hydrogen) atoms. The molecule has 2 heterocycles. The van der Waals surface area contributed by atoms with Gasteiger partial charge in [0.1, 0.15) is 54.3 Å². The van der Waals surface area contributed by atoms with Crippen LogP contribution in [-0.2, 0) is 83.4 Å². The molecule has 35 nitrogen and oxygen atoms in total. The molecule has 1 aromatic heterocycles. The molecule has 38 heteroatoms. The van der Waals surface area contributed by atoms with Crippen molar-refractivity contribution in [2.24, 2.45) is 11.7 Å². The number of aliphatic hydroxyl groups is 10. The summed E-state index contributed by atoms with van der Waals surface area (Å²) in [6, 6.07) is 21.8. The molecular weight excluding hydrogens is 1620 g/mol. The fraction of sp³-hybridized carbons (Fsp3) is 0.536. The molecule has 9 amide bonds. The average Bonchev–Trinajstić information content (AvgIpc) is 0.959. The molecule has 1 aliphatic rings. The summed E-state index contributed by atoms with van der Waals surface area (Å²) >= 11 is 1.04. The monoisotopic (exact) mass is 1730 g/mol. The number of carbonyl (C=O) groups excluding carboxylic acids is 11. The molecule has 0 bridgehead atoms. The second-order valence-corrected chi connectivity index (χ2v) is 31.5. The summed E-state index contributed by atoms with van der Waals surface area (Å²) in [5, 5.41) is 117. The standard InChI is InChI=1S/C84H115F2N11O24S/c1-49-21-23-52(24-22-49)25-29-70(107)89-35-36-95-74(111)40-68(82(95)118)122-47-50(2)92-81(117)62(28-32-72(109)91-42-65(103)77(113)79(115)67(105)46-99)94-80(116)56(33-37-121-48-100)39-63(101)61(27-31-71(108)90-41-64(102)76(112)78(114)66(104)45-98)93-73(110)20-10-5-4-6-11-34-88-69(106)30-26-53-14-12-17-55(38-53)75-51(3)96(43-57-58(85)18-13-19-59(57)86)84(120)97(83(75)119)44-60(87)54-15-8-7-9-16-54/h7-9,12-19,21-24,38,48,50,56,60-62,64-68,76-79,98-99,102-105,112-115H,4-6,10-11,20,25-37,39-47,87H2,1-3H3,(H,88,106)(H,89,107)(H,90,108)(H,91,109)(H,92,117)(H,93,110)(H,94,116)/t50-,56-,60+,61+,62+,64-,65-,66+,67+,68?,76+,77+,78+,79+/m0/s1. The van der Waals surface area contributed by atoms with Gasteiger partial charge in [0, 0.05) is 113 Å². The van der Waals surface area contributed by atoms with E-state index in [0.717, 1.165) is 49.1 Å². The highest BCUT2D eigenvalue weighted by atomic mass is 32.2. The minimum absolute atomic E-state index is 0.000959. The number of nitrogens with zero attached hydrogens (tertiary/aromatic N) is 3. The lowest BCUT2D eigenvalue weighted by Gasteiger charge is -2.26. The van der Waals surface area contributed by atoms with Crippen molar-refractivity contribution in [1.29, 1.82) is 0 Å². The lowest BCUT2D eigenvalue weighted by Crippen LogP contribution is -2.52. The topological polar surface area (TPSA) is 557 Å². The molecule has 14 atom stereocenters. The van der Waals surface area contributed by atoms with Crippen LogP contribution in [0.1, 0.15) is 143 Å². The van der Waals surface area contributed by atoms with Crippen LogP contribution in [0.15, 0.2) is 107 Å². The molecule has 6 rings (SSSR count). The number of ketones is 1. The number of benzene rings is 4.